The quantitative estimate of drug-likeness (QED) is 0.518. The zero-order valence-corrected chi connectivity index (χ0v) is 8.95. The van der Waals surface area contributed by atoms with Crippen molar-refractivity contribution in [2.45, 2.75) is 19.4 Å². The number of nitrogens with two attached hydrogens (primary N) is 1. The number of carbonyl (C=O) groups excluding carboxylic acids is 1. The van der Waals surface area contributed by atoms with E-state index in [1.54, 1.807) is 18.7 Å². The molecule has 74 valence electrons. The zero-order chi connectivity index (χ0) is 8.69. The number of ether oxygens (including phenoxy) is 1. The molecule has 0 aliphatic heterocycles. The Morgan fingerprint density at radius 2 is 2.25 bits per heavy atom. The van der Waals surface area contributed by atoms with Gasteiger partial charge in [0.25, 0.3) is 0 Å². The lowest BCUT2D eigenvalue weighted by Crippen LogP contribution is -3.00. The number of thioether (sulfide) groups is 1. The smallest absolute Gasteiger partial charge is 0.322 e. The van der Waals surface area contributed by atoms with E-state index in [-0.39, 0.29) is 18.4 Å². The van der Waals surface area contributed by atoms with Gasteiger partial charge in [-0.1, -0.05) is 0 Å². The van der Waals surface area contributed by atoms with Gasteiger partial charge in [0.15, 0.2) is 0 Å². The van der Waals surface area contributed by atoms with Gasteiger partial charge in [-0.15, -0.1) is 0 Å². The Bertz CT molecular complexity index is 124. The maximum atomic E-state index is 10.9. The Balaban J connectivity index is 0. The second-order valence-corrected chi connectivity index (χ2v) is 3.13. The molecule has 0 aromatic carbocycles. The summed E-state index contributed by atoms with van der Waals surface area (Å²) in [7, 11) is 0. The van der Waals surface area contributed by atoms with Gasteiger partial charge in [0, 0.05) is 0 Å². The molecule has 1 unspecified atom stereocenters. The second-order valence-electron chi connectivity index (χ2n) is 2.14. The van der Waals surface area contributed by atoms with Crippen molar-refractivity contribution in [1.29, 1.82) is 0 Å². The van der Waals surface area contributed by atoms with Gasteiger partial charge in [-0.25, -0.2) is 0 Å². The van der Waals surface area contributed by atoms with Gasteiger partial charge in [0.05, 0.1) is 6.61 Å². The number of carbonyl (C=O) groups is 1. The molecule has 12 heavy (non-hydrogen) atoms. The average molecular weight is 213 g/mol. The van der Waals surface area contributed by atoms with E-state index in [1.807, 2.05) is 6.26 Å². The van der Waals surface area contributed by atoms with Crippen LogP contribution in [0.25, 0.3) is 0 Å². The summed E-state index contributed by atoms with van der Waals surface area (Å²) in [4.78, 5) is 10.9. The Hall–Kier alpha value is 0.0700. The molecule has 3 nitrogen and oxygen atoms in total. The largest absolute Gasteiger partial charge is 1.00 e. The fourth-order valence-corrected chi connectivity index (χ4v) is 1.10. The molecule has 0 aliphatic carbocycles. The third-order valence-corrected chi connectivity index (χ3v) is 1.87. The van der Waals surface area contributed by atoms with Crippen molar-refractivity contribution < 1.29 is 21.9 Å². The van der Waals surface area contributed by atoms with Gasteiger partial charge in [0.1, 0.15) is 6.04 Å². The van der Waals surface area contributed by atoms with Gasteiger partial charge in [-0.3, -0.25) is 4.79 Å². The summed E-state index contributed by atoms with van der Waals surface area (Å²) in [6.45, 7) is 2.19. The highest BCUT2D eigenvalue weighted by Crippen LogP contribution is 1.99. The monoisotopic (exact) mass is 212 g/mol. The van der Waals surface area contributed by atoms with E-state index in [4.69, 9.17) is 10.5 Å². The van der Waals surface area contributed by atoms with Gasteiger partial charge < -0.3 is 22.9 Å². The molecule has 0 radical (unpaired) electrons. The van der Waals surface area contributed by atoms with Crippen LogP contribution in [0, 0.1) is 0 Å². The number of hydrogen-bond acceptors (Lipinski definition) is 4. The first kappa shape index (κ1) is 14.6. The molecule has 0 saturated heterocycles. The van der Waals surface area contributed by atoms with Crippen LogP contribution in [0.2, 0.25) is 0 Å². The molecule has 0 fully saturated rings. The lowest BCUT2D eigenvalue weighted by atomic mass is 10.2. The molecule has 0 saturated carbocycles. The summed E-state index contributed by atoms with van der Waals surface area (Å²) in [5, 5.41) is 0. The van der Waals surface area contributed by atoms with E-state index in [0.717, 1.165) is 5.75 Å². The van der Waals surface area contributed by atoms with Crippen molar-refractivity contribution in [3.05, 3.63) is 0 Å². The molecule has 0 amide bonds. The van der Waals surface area contributed by atoms with Crippen molar-refractivity contribution >= 4 is 17.7 Å². The maximum absolute atomic E-state index is 10.9. The molecule has 2 N–H and O–H groups in total. The highest BCUT2D eigenvalue weighted by atomic mass is 35.5. The highest BCUT2D eigenvalue weighted by molar-refractivity contribution is 7.98. The van der Waals surface area contributed by atoms with Crippen LogP contribution in [0.1, 0.15) is 13.3 Å². The second kappa shape index (κ2) is 9.16. The van der Waals surface area contributed by atoms with Crippen molar-refractivity contribution in [3.63, 3.8) is 0 Å². The van der Waals surface area contributed by atoms with Crippen LogP contribution in [-0.4, -0.2) is 30.6 Å². The van der Waals surface area contributed by atoms with Crippen molar-refractivity contribution in [2.24, 2.45) is 5.73 Å². The molecule has 0 bridgehead atoms. The zero-order valence-electron chi connectivity index (χ0n) is 7.38. The summed E-state index contributed by atoms with van der Waals surface area (Å²) in [5.41, 5.74) is 5.50. The molecule has 0 aromatic rings. The fourth-order valence-electron chi connectivity index (χ4n) is 0.612. The lowest BCUT2D eigenvalue weighted by Gasteiger charge is -2.08. The van der Waals surface area contributed by atoms with Crippen LogP contribution in [-0.2, 0) is 9.53 Å². The molecular formula is C7H15ClNO2S-. The fraction of sp³-hybridized carbons (Fsp3) is 0.857. The van der Waals surface area contributed by atoms with Crippen LogP contribution in [0.5, 0.6) is 0 Å². The van der Waals surface area contributed by atoms with E-state index in [0.29, 0.717) is 13.0 Å². The molecule has 0 aliphatic rings. The lowest BCUT2D eigenvalue weighted by molar-refractivity contribution is -0.144. The Kier molecular flexibility index (Phi) is 11.1. The first-order valence-electron chi connectivity index (χ1n) is 3.63. The summed E-state index contributed by atoms with van der Waals surface area (Å²) in [6.07, 6.45) is 2.68. The summed E-state index contributed by atoms with van der Waals surface area (Å²) in [6, 6.07) is -0.442. The van der Waals surface area contributed by atoms with E-state index in [2.05, 4.69) is 0 Å². The van der Waals surface area contributed by atoms with Crippen molar-refractivity contribution in [1.82, 2.24) is 0 Å². The van der Waals surface area contributed by atoms with Gasteiger partial charge in [-0.05, 0) is 25.4 Å². The minimum Gasteiger partial charge on any atom is -1.00 e. The van der Waals surface area contributed by atoms with E-state index in [1.165, 1.54) is 0 Å². The van der Waals surface area contributed by atoms with Crippen molar-refractivity contribution in [3.8, 4) is 0 Å². The normalized spacial score (nSPS) is 11.6. The van der Waals surface area contributed by atoms with Crippen LogP contribution in [0.3, 0.4) is 0 Å². The number of halogens is 1. The third kappa shape index (κ3) is 6.76. The molecular weight excluding hydrogens is 198 g/mol. The number of hydrogen-bond donors (Lipinski definition) is 1. The molecule has 0 aromatic heterocycles. The molecule has 5 heteroatoms. The Morgan fingerprint density at radius 3 is 2.67 bits per heavy atom. The van der Waals surface area contributed by atoms with Crippen LogP contribution in [0.4, 0.5) is 0 Å². The van der Waals surface area contributed by atoms with Crippen molar-refractivity contribution in [2.75, 3.05) is 18.6 Å². The maximum Gasteiger partial charge on any atom is 0.322 e. The summed E-state index contributed by atoms with van der Waals surface area (Å²) in [5.74, 6) is 0.613. The third-order valence-electron chi connectivity index (χ3n) is 1.22. The Labute approximate surface area is 83.8 Å². The average Bonchev–Trinajstić information content (AvgIpc) is 2.00. The molecule has 0 heterocycles. The Morgan fingerprint density at radius 1 is 1.67 bits per heavy atom. The minimum absolute atomic E-state index is 0. The van der Waals surface area contributed by atoms with Crippen LogP contribution < -0.4 is 18.1 Å². The predicted octanol–water partition coefficient (Wildman–Crippen LogP) is -2.37. The van der Waals surface area contributed by atoms with Crippen LogP contribution >= 0.6 is 11.8 Å². The van der Waals surface area contributed by atoms with Gasteiger partial charge in [0.2, 0.25) is 0 Å². The number of rotatable bonds is 5. The topological polar surface area (TPSA) is 52.3 Å². The predicted molar refractivity (Wildman–Crippen MR) is 47.6 cm³/mol. The molecule has 0 spiro atoms. The molecule has 0 rings (SSSR count). The molecule has 1 atom stereocenters. The van der Waals surface area contributed by atoms with E-state index in [9.17, 15) is 4.79 Å². The first-order valence-corrected chi connectivity index (χ1v) is 5.03. The van der Waals surface area contributed by atoms with Crippen LogP contribution in [0.15, 0.2) is 0 Å². The standard InChI is InChI=1S/C7H15NO2S.ClH/c1-3-10-7(9)6(8)4-5-11-2;/h6H,3-5,8H2,1-2H3;1H/p-1. The SMILES string of the molecule is CCOC(=O)C(N)CCSC.[Cl-]. The minimum atomic E-state index is -0.442. The van der Waals surface area contributed by atoms with Gasteiger partial charge in [-0.2, -0.15) is 11.8 Å². The summed E-state index contributed by atoms with van der Waals surface area (Å²) < 4.78 is 4.73. The van der Waals surface area contributed by atoms with E-state index < -0.39 is 6.04 Å². The highest BCUT2D eigenvalue weighted by Gasteiger charge is 2.12. The summed E-state index contributed by atoms with van der Waals surface area (Å²) >= 11 is 1.68. The van der Waals surface area contributed by atoms with Gasteiger partial charge >= 0.3 is 5.97 Å². The van der Waals surface area contributed by atoms with E-state index >= 15 is 0 Å². The number of esters is 1. The first-order chi connectivity index (χ1) is 5.22.